The average Bonchev–Trinajstić information content (AvgIpc) is 3.28. The third-order valence-electron chi connectivity index (χ3n) is 3.94. The molecule has 1 aliphatic heterocycles. The Morgan fingerprint density at radius 3 is 2.81 bits per heavy atom. The van der Waals surface area contributed by atoms with Crippen molar-refractivity contribution in [3.63, 3.8) is 0 Å². The van der Waals surface area contributed by atoms with E-state index in [2.05, 4.69) is 5.32 Å². The highest BCUT2D eigenvalue weighted by molar-refractivity contribution is 7.17. The molecule has 0 radical (unpaired) electrons. The minimum atomic E-state index is -0.492. The lowest BCUT2D eigenvalue weighted by Crippen LogP contribution is -2.36. The van der Waals surface area contributed by atoms with E-state index in [1.807, 2.05) is 5.38 Å². The molecule has 0 aromatic carbocycles. The van der Waals surface area contributed by atoms with Crippen LogP contribution in [0.2, 0.25) is 0 Å². The first kappa shape index (κ1) is 18.4. The van der Waals surface area contributed by atoms with Gasteiger partial charge in [-0.15, -0.1) is 22.7 Å². The molecular formula is C17H18N2O5S2. The van der Waals surface area contributed by atoms with Crippen LogP contribution in [0.15, 0.2) is 17.5 Å². The molecule has 2 amide bonds. The molecule has 0 bridgehead atoms. The van der Waals surface area contributed by atoms with Gasteiger partial charge in [-0.2, -0.15) is 0 Å². The van der Waals surface area contributed by atoms with Gasteiger partial charge in [0.1, 0.15) is 5.00 Å². The van der Waals surface area contributed by atoms with Crippen molar-refractivity contribution in [1.82, 2.24) is 4.90 Å². The molecular weight excluding hydrogens is 376 g/mol. The molecule has 1 N–H and O–H groups in total. The number of esters is 1. The molecule has 3 rings (SSSR count). The Morgan fingerprint density at radius 1 is 1.35 bits per heavy atom. The molecule has 0 atom stereocenters. The number of hydrogen-bond acceptors (Lipinski definition) is 7. The summed E-state index contributed by atoms with van der Waals surface area (Å²) in [7, 11) is 1.31. The third-order valence-corrected chi connectivity index (χ3v) is 5.95. The van der Waals surface area contributed by atoms with E-state index < -0.39 is 5.97 Å². The summed E-state index contributed by atoms with van der Waals surface area (Å²) in [5.74, 6) is -0.764. The van der Waals surface area contributed by atoms with Gasteiger partial charge in [0.2, 0.25) is 0 Å². The number of rotatable bonds is 4. The van der Waals surface area contributed by atoms with Crippen molar-refractivity contribution in [3.8, 4) is 0 Å². The molecule has 26 heavy (non-hydrogen) atoms. The summed E-state index contributed by atoms with van der Waals surface area (Å²) in [6, 6.07) is 3.51. The number of methoxy groups -OCH3 is 1. The number of nitrogens with one attached hydrogen (secondary N) is 1. The number of carbonyl (C=O) groups excluding carboxylic acids is 3. The molecule has 7 nitrogen and oxygen atoms in total. The van der Waals surface area contributed by atoms with Gasteiger partial charge in [-0.05, 0) is 30.4 Å². The highest BCUT2D eigenvalue weighted by atomic mass is 32.1. The number of ether oxygens (including phenoxy) is 2. The Hall–Kier alpha value is -2.39. The summed E-state index contributed by atoms with van der Waals surface area (Å²) in [5.41, 5.74) is 1.20. The molecule has 0 unspecified atom stereocenters. The van der Waals surface area contributed by atoms with Crippen LogP contribution < -0.4 is 5.32 Å². The topological polar surface area (TPSA) is 84.9 Å². The van der Waals surface area contributed by atoms with Crippen molar-refractivity contribution in [2.75, 3.05) is 25.6 Å². The number of thiophene rings is 2. The Balaban J connectivity index is 1.89. The number of amides is 2. The first-order chi connectivity index (χ1) is 12.5. The summed E-state index contributed by atoms with van der Waals surface area (Å²) < 4.78 is 9.95. The van der Waals surface area contributed by atoms with Gasteiger partial charge >= 0.3 is 12.1 Å². The molecule has 2 aromatic rings. The van der Waals surface area contributed by atoms with Crippen LogP contribution in [-0.4, -0.2) is 43.1 Å². The monoisotopic (exact) mass is 394 g/mol. The second kappa shape index (κ2) is 7.88. The van der Waals surface area contributed by atoms with Crippen LogP contribution in [0.4, 0.5) is 9.80 Å². The second-order valence-electron chi connectivity index (χ2n) is 5.50. The highest BCUT2D eigenvalue weighted by Gasteiger charge is 2.31. The fraction of sp³-hybridized carbons (Fsp3) is 0.353. The van der Waals surface area contributed by atoms with Crippen LogP contribution in [-0.2, 0) is 22.4 Å². The summed E-state index contributed by atoms with van der Waals surface area (Å²) in [6.45, 7) is 2.86. The van der Waals surface area contributed by atoms with Gasteiger partial charge in [0.15, 0.2) is 0 Å². The van der Waals surface area contributed by atoms with E-state index in [1.54, 1.807) is 24.0 Å². The Morgan fingerprint density at radius 2 is 2.15 bits per heavy atom. The smallest absolute Gasteiger partial charge is 0.410 e. The molecule has 0 saturated heterocycles. The van der Waals surface area contributed by atoms with E-state index in [0.29, 0.717) is 41.6 Å². The van der Waals surface area contributed by atoms with E-state index in [-0.39, 0.29) is 12.0 Å². The normalized spacial score (nSPS) is 13.1. The van der Waals surface area contributed by atoms with Crippen LogP contribution in [0, 0.1) is 0 Å². The SMILES string of the molecule is CCOC(=O)N1CCc2c(sc(NC(=O)c3cccs3)c2C(=O)OC)C1. The third kappa shape index (κ3) is 3.58. The quantitative estimate of drug-likeness (QED) is 0.804. The molecule has 1 aliphatic rings. The Kier molecular flexibility index (Phi) is 5.58. The van der Waals surface area contributed by atoms with Gasteiger partial charge in [-0.25, -0.2) is 9.59 Å². The lowest BCUT2D eigenvalue weighted by molar-refractivity contribution is 0.0600. The van der Waals surface area contributed by atoms with Gasteiger partial charge in [0, 0.05) is 11.4 Å². The van der Waals surface area contributed by atoms with Crippen molar-refractivity contribution in [1.29, 1.82) is 0 Å². The predicted molar refractivity (Wildman–Crippen MR) is 99.1 cm³/mol. The molecule has 138 valence electrons. The van der Waals surface area contributed by atoms with Crippen LogP contribution in [0.25, 0.3) is 0 Å². The van der Waals surface area contributed by atoms with Crippen LogP contribution in [0.3, 0.4) is 0 Å². The summed E-state index contributed by atoms with van der Waals surface area (Å²) in [4.78, 5) is 39.6. The zero-order chi connectivity index (χ0) is 18.7. The van der Waals surface area contributed by atoms with Gasteiger partial charge in [-0.3, -0.25) is 4.79 Å². The van der Waals surface area contributed by atoms with Crippen LogP contribution in [0.5, 0.6) is 0 Å². The fourth-order valence-electron chi connectivity index (χ4n) is 2.75. The van der Waals surface area contributed by atoms with E-state index in [9.17, 15) is 14.4 Å². The molecule has 0 spiro atoms. The van der Waals surface area contributed by atoms with Gasteiger partial charge in [-0.1, -0.05) is 6.07 Å². The molecule has 2 aromatic heterocycles. The molecule has 0 saturated carbocycles. The van der Waals surface area contributed by atoms with Crippen molar-refractivity contribution in [2.24, 2.45) is 0 Å². The standard InChI is InChI=1S/C17H18N2O5S2/c1-3-24-17(22)19-7-6-10-12(9-19)26-15(13(10)16(21)23-2)18-14(20)11-5-4-8-25-11/h4-5,8H,3,6-7,9H2,1-2H3,(H,18,20). The maximum absolute atomic E-state index is 12.4. The summed E-state index contributed by atoms with van der Waals surface area (Å²) >= 11 is 2.61. The zero-order valence-corrected chi connectivity index (χ0v) is 16.0. The lowest BCUT2D eigenvalue weighted by Gasteiger charge is -2.26. The fourth-order valence-corrected chi connectivity index (χ4v) is 4.62. The first-order valence-corrected chi connectivity index (χ1v) is 9.74. The maximum Gasteiger partial charge on any atom is 0.410 e. The van der Waals surface area contributed by atoms with Crippen molar-refractivity contribution in [3.05, 3.63) is 38.4 Å². The van der Waals surface area contributed by atoms with E-state index in [4.69, 9.17) is 9.47 Å². The van der Waals surface area contributed by atoms with E-state index in [0.717, 1.165) is 10.4 Å². The minimum Gasteiger partial charge on any atom is -0.465 e. The predicted octanol–water partition coefficient (Wildman–Crippen LogP) is 3.36. The van der Waals surface area contributed by atoms with Crippen molar-refractivity contribution in [2.45, 2.75) is 19.9 Å². The van der Waals surface area contributed by atoms with E-state index in [1.165, 1.54) is 29.8 Å². The van der Waals surface area contributed by atoms with E-state index >= 15 is 0 Å². The number of carbonyl (C=O) groups is 3. The largest absolute Gasteiger partial charge is 0.465 e. The van der Waals surface area contributed by atoms with Gasteiger partial charge < -0.3 is 19.7 Å². The number of hydrogen-bond donors (Lipinski definition) is 1. The number of anilines is 1. The number of fused-ring (bicyclic) bond motifs is 1. The number of nitrogens with zero attached hydrogens (tertiary/aromatic N) is 1. The molecule has 0 aliphatic carbocycles. The molecule has 9 heteroatoms. The second-order valence-corrected chi connectivity index (χ2v) is 7.55. The Bertz CT molecular complexity index is 829. The van der Waals surface area contributed by atoms with Gasteiger partial charge in [0.25, 0.3) is 5.91 Å². The summed E-state index contributed by atoms with van der Waals surface area (Å²) in [6.07, 6.45) is 0.125. The highest BCUT2D eigenvalue weighted by Crippen LogP contribution is 2.38. The van der Waals surface area contributed by atoms with Crippen LogP contribution >= 0.6 is 22.7 Å². The summed E-state index contributed by atoms with van der Waals surface area (Å²) in [5, 5.41) is 5.07. The van der Waals surface area contributed by atoms with Crippen molar-refractivity contribution >= 4 is 45.6 Å². The first-order valence-electron chi connectivity index (χ1n) is 8.04. The van der Waals surface area contributed by atoms with Crippen molar-refractivity contribution < 1.29 is 23.9 Å². The average molecular weight is 394 g/mol. The van der Waals surface area contributed by atoms with Crippen LogP contribution in [0.1, 0.15) is 37.4 Å². The zero-order valence-electron chi connectivity index (χ0n) is 14.4. The lowest BCUT2D eigenvalue weighted by atomic mass is 10.0. The minimum absolute atomic E-state index is 0.272. The molecule has 3 heterocycles. The van der Waals surface area contributed by atoms with Gasteiger partial charge in [0.05, 0.1) is 30.7 Å². The Labute approximate surface area is 158 Å². The molecule has 0 fully saturated rings. The maximum atomic E-state index is 12.4.